The molecule has 25 nitrogen and oxygen atoms in total. The largest absolute Gasteiger partial charge is 0.396 e. The Bertz CT molecular complexity index is 2420. The third-order valence-corrected chi connectivity index (χ3v) is 14.8. The minimum atomic E-state index is -1.52. The molecule has 2 fully saturated rings. The fraction of sp³-hybridized carbons (Fsp3) is 0.678. The summed E-state index contributed by atoms with van der Waals surface area (Å²) in [6.07, 6.45) is 1.93. The van der Waals surface area contributed by atoms with Gasteiger partial charge in [0.25, 0.3) is 5.91 Å². The molecule has 2 saturated heterocycles. The maximum atomic E-state index is 14.5. The number of hydrogen-bond donors (Lipinski definition) is 13. The number of rotatable bonds is 17. The van der Waals surface area contributed by atoms with Crippen molar-refractivity contribution in [2.75, 3.05) is 26.3 Å². The normalized spacial score (nSPS) is 26.8. The van der Waals surface area contributed by atoms with Gasteiger partial charge in [-0.2, -0.15) is 0 Å². The van der Waals surface area contributed by atoms with Crippen LogP contribution in [0.3, 0.4) is 0 Å². The highest BCUT2D eigenvalue weighted by Crippen LogP contribution is 2.22. The first-order valence-electron chi connectivity index (χ1n) is 29.7. The molecular formula is C59H95N11O14. The number of unbranched alkanes of at least 4 members (excludes halogenated alkanes) is 2. The molecule has 0 saturated carbocycles. The van der Waals surface area contributed by atoms with Crippen molar-refractivity contribution >= 4 is 65.0 Å². The second-order valence-corrected chi connectivity index (χ2v) is 23.2. The molecule has 0 radical (unpaired) electrons. The maximum absolute atomic E-state index is 14.5. The van der Waals surface area contributed by atoms with Gasteiger partial charge in [0.2, 0.25) is 59.1 Å². The van der Waals surface area contributed by atoms with Gasteiger partial charge in [-0.05, 0) is 68.3 Å². The van der Waals surface area contributed by atoms with Gasteiger partial charge in [0, 0.05) is 45.1 Å². The van der Waals surface area contributed by atoms with E-state index in [9.17, 15) is 68.1 Å². The third-order valence-electron chi connectivity index (χ3n) is 14.8. The van der Waals surface area contributed by atoms with Crippen LogP contribution in [0.1, 0.15) is 145 Å². The van der Waals surface area contributed by atoms with E-state index in [4.69, 9.17) is 0 Å². The Balaban J connectivity index is 2.15. The quantitative estimate of drug-likeness (QED) is 0.0707. The first kappa shape index (κ1) is 71.3. The molecule has 13 N–H and O–H groups in total. The van der Waals surface area contributed by atoms with E-state index in [1.807, 2.05) is 34.6 Å². The number of allylic oxidation sites excluding steroid dienone is 1. The fourth-order valence-corrected chi connectivity index (χ4v) is 9.82. The van der Waals surface area contributed by atoms with Gasteiger partial charge in [0.15, 0.2) is 0 Å². The molecule has 11 amide bonds. The highest BCUT2D eigenvalue weighted by Gasteiger charge is 2.42. The third kappa shape index (κ3) is 23.2. The molecule has 2 aliphatic heterocycles. The van der Waals surface area contributed by atoms with Crippen molar-refractivity contribution in [3.63, 3.8) is 0 Å². The van der Waals surface area contributed by atoms with Crippen molar-refractivity contribution in [3.05, 3.63) is 47.7 Å². The molecule has 1 aromatic carbocycles. The predicted molar refractivity (Wildman–Crippen MR) is 312 cm³/mol. The molecule has 11 atom stereocenters. The van der Waals surface area contributed by atoms with E-state index in [1.54, 1.807) is 58.0 Å². The standard InChI is InChI=1S/C59H95N11O14/c1-11-14-16-21-38-29-47(74)62-41(22-24-71)52(77)63-40(13-3)59(84)70-32-39(73)30-46(70)56(81)64-42(23-25-72)53(78)66-45(28-37-19-17-15-18-20-37)54(79)65-43(26-33(4)5)55(80)68-50(35(8)9)58(83)69-49(34(6)7)57(82)67-44(27-36(10)12-2)51(76)60-31-48(75)61-38/h13,15,17-20,33-36,38-39,41-46,49-50,71-73H,11-12,14,16,21-32H2,1-10H3,(H,60,76)(H,61,75)(H,62,74)(H,63,77)(H,64,81)(H,65,79)(H,66,78)(H,67,82)(H,68,80)(H,69,83)/b40-13+/t36-,38-,39-,41+,42+,43-,44+,45-,46+,49-,50+/m1/s1. The summed E-state index contributed by atoms with van der Waals surface area (Å²) >= 11 is 0. The van der Waals surface area contributed by atoms with Gasteiger partial charge in [0.1, 0.15) is 54.0 Å². The molecule has 0 aliphatic carbocycles. The highest BCUT2D eigenvalue weighted by atomic mass is 16.3. The van der Waals surface area contributed by atoms with E-state index >= 15 is 0 Å². The van der Waals surface area contributed by atoms with E-state index in [0.29, 0.717) is 24.8 Å². The Morgan fingerprint density at radius 2 is 1.12 bits per heavy atom. The molecule has 0 unspecified atom stereocenters. The number of fused-ring (bicyclic) bond motifs is 1. The summed E-state index contributed by atoms with van der Waals surface area (Å²) in [6.45, 7) is 15.4. The zero-order chi connectivity index (χ0) is 62.8. The molecule has 0 aromatic heterocycles. The molecule has 470 valence electrons. The summed E-state index contributed by atoms with van der Waals surface area (Å²) in [5, 5.41) is 57.7. The van der Waals surface area contributed by atoms with Crippen LogP contribution in [-0.4, -0.2) is 172 Å². The van der Waals surface area contributed by atoms with Crippen molar-refractivity contribution in [1.29, 1.82) is 0 Å². The molecule has 2 heterocycles. The van der Waals surface area contributed by atoms with Crippen LogP contribution >= 0.6 is 0 Å². The lowest BCUT2D eigenvalue weighted by atomic mass is 9.96. The summed E-state index contributed by atoms with van der Waals surface area (Å²) in [5.41, 5.74) is 0.238. The van der Waals surface area contributed by atoms with Gasteiger partial charge in [-0.1, -0.05) is 124 Å². The summed E-state index contributed by atoms with van der Waals surface area (Å²) in [4.78, 5) is 156. The molecule has 1 aromatic rings. The smallest absolute Gasteiger partial charge is 0.270 e. The van der Waals surface area contributed by atoms with Crippen molar-refractivity contribution < 1.29 is 68.1 Å². The van der Waals surface area contributed by atoms with Crippen LogP contribution in [0.2, 0.25) is 0 Å². The van der Waals surface area contributed by atoms with Gasteiger partial charge >= 0.3 is 0 Å². The van der Waals surface area contributed by atoms with Crippen molar-refractivity contribution in [2.45, 2.75) is 207 Å². The van der Waals surface area contributed by atoms with Gasteiger partial charge in [0.05, 0.1) is 12.6 Å². The summed E-state index contributed by atoms with van der Waals surface area (Å²) in [5.74, 6) is -10.2. The number of aliphatic hydroxyl groups is 3. The minimum absolute atomic E-state index is 0.0674. The Morgan fingerprint density at radius 1 is 0.583 bits per heavy atom. The van der Waals surface area contributed by atoms with Gasteiger partial charge in [-0.3, -0.25) is 52.7 Å². The summed E-state index contributed by atoms with van der Waals surface area (Å²) in [7, 11) is 0. The first-order chi connectivity index (χ1) is 39.8. The molecule has 0 spiro atoms. The van der Waals surface area contributed by atoms with E-state index in [-0.39, 0.29) is 69.0 Å². The van der Waals surface area contributed by atoms with E-state index in [0.717, 1.165) is 17.7 Å². The molecule has 84 heavy (non-hydrogen) atoms. The Morgan fingerprint density at radius 3 is 1.69 bits per heavy atom. The number of nitrogens with zero attached hydrogens (tertiary/aromatic N) is 1. The SMILES string of the molecule is C/C=C1/NC(=O)[C@H](CCO)NC(=O)C[C@@H](CCCCC)NC(=O)CNC(=O)[C@H](C[C@H](C)CC)NC(=O)[C@@H](C(C)C)NC(=O)[C@H](C(C)C)NC(=O)[C@@H](CC(C)C)NC(=O)[C@@H](Cc2ccccc2)NC(=O)[C@H](CCO)NC(=O)[C@@H]2C[C@@H](O)CN2C1=O. The molecule has 25 heteroatoms. The number of carbonyl (C=O) groups excluding carboxylic acids is 11. The zero-order valence-corrected chi connectivity index (χ0v) is 50.6. The number of amides is 11. The van der Waals surface area contributed by atoms with Gasteiger partial charge < -0.3 is 73.4 Å². The van der Waals surface area contributed by atoms with E-state index in [1.165, 1.54) is 13.0 Å². The summed E-state index contributed by atoms with van der Waals surface area (Å²) in [6, 6.07) is -2.87. The second-order valence-electron chi connectivity index (χ2n) is 23.2. The number of carbonyl (C=O) groups is 11. The zero-order valence-electron chi connectivity index (χ0n) is 50.6. The molecule has 2 aliphatic rings. The predicted octanol–water partition coefficient (Wildman–Crippen LogP) is -0.251. The van der Waals surface area contributed by atoms with Crippen LogP contribution < -0.4 is 53.2 Å². The van der Waals surface area contributed by atoms with E-state index < -0.39 is 157 Å². The lowest BCUT2D eigenvalue weighted by Crippen LogP contribution is -2.62. The van der Waals surface area contributed by atoms with Crippen LogP contribution in [-0.2, 0) is 59.2 Å². The number of nitrogens with one attached hydrogen (secondary N) is 10. The Kier molecular flexibility index (Phi) is 30.5. The Hall–Kier alpha value is -6.99. The van der Waals surface area contributed by atoms with Crippen LogP contribution in [0.25, 0.3) is 0 Å². The van der Waals surface area contributed by atoms with Gasteiger partial charge in [-0.15, -0.1) is 0 Å². The lowest BCUT2D eigenvalue weighted by molar-refractivity contribution is -0.138. The van der Waals surface area contributed by atoms with Crippen LogP contribution in [0.15, 0.2) is 42.1 Å². The minimum Gasteiger partial charge on any atom is -0.396 e. The van der Waals surface area contributed by atoms with Gasteiger partial charge in [-0.25, -0.2) is 0 Å². The van der Waals surface area contributed by atoms with Crippen molar-refractivity contribution in [2.24, 2.45) is 23.7 Å². The average Bonchev–Trinajstić information content (AvgIpc) is 4.11. The summed E-state index contributed by atoms with van der Waals surface area (Å²) < 4.78 is 0. The molecule has 3 rings (SSSR count). The Labute approximate surface area is 493 Å². The topological polar surface area (TPSA) is 372 Å². The van der Waals surface area contributed by atoms with Crippen LogP contribution in [0, 0.1) is 23.7 Å². The number of benzene rings is 1. The number of aliphatic hydroxyl groups excluding tert-OH is 3. The van der Waals surface area contributed by atoms with Crippen molar-refractivity contribution in [1.82, 2.24) is 58.1 Å². The second kappa shape index (κ2) is 36.0. The number of hydrogen-bond acceptors (Lipinski definition) is 14. The van der Waals surface area contributed by atoms with E-state index in [2.05, 4.69) is 53.2 Å². The monoisotopic (exact) mass is 1180 g/mol. The average molecular weight is 1180 g/mol. The highest BCUT2D eigenvalue weighted by molar-refractivity contribution is 6.02. The first-order valence-corrected chi connectivity index (χ1v) is 29.7. The molecule has 0 bridgehead atoms. The van der Waals surface area contributed by atoms with Crippen LogP contribution in [0.5, 0.6) is 0 Å². The molecular weight excluding hydrogens is 1090 g/mol. The maximum Gasteiger partial charge on any atom is 0.270 e. The lowest BCUT2D eigenvalue weighted by Gasteiger charge is -2.30. The van der Waals surface area contributed by atoms with Crippen molar-refractivity contribution in [3.8, 4) is 0 Å². The van der Waals surface area contributed by atoms with Crippen LogP contribution in [0.4, 0.5) is 0 Å². The fourth-order valence-electron chi connectivity index (χ4n) is 9.82.